The number of halogens is 1. The minimum absolute atomic E-state index is 0.715. The van der Waals surface area contributed by atoms with Crippen LogP contribution in [0, 0.1) is 5.92 Å². The standard InChI is InChI=1S/C9H17I/c1-4-5-6-7-8(2)9(3)10/h8H,3-7H2,1-2H3. The maximum Gasteiger partial charge on any atom is -0.0138 e. The first-order valence-electron chi connectivity index (χ1n) is 4.02. The first kappa shape index (κ1) is 10.5. The Balaban J connectivity index is 3.21. The summed E-state index contributed by atoms with van der Waals surface area (Å²) in [6.45, 7) is 8.41. The molecule has 0 saturated heterocycles. The summed E-state index contributed by atoms with van der Waals surface area (Å²) in [5.41, 5.74) is 0. The van der Waals surface area contributed by atoms with Crippen LogP contribution in [0.4, 0.5) is 0 Å². The van der Waals surface area contributed by atoms with Gasteiger partial charge in [0.2, 0.25) is 0 Å². The van der Waals surface area contributed by atoms with Crippen LogP contribution in [0.2, 0.25) is 0 Å². The Labute approximate surface area is 78.2 Å². The van der Waals surface area contributed by atoms with E-state index >= 15 is 0 Å². The van der Waals surface area contributed by atoms with E-state index in [0.29, 0.717) is 5.92 Å². The summed E-state index contributed by atoms with van der Waals surface area (Å²) in [6, 6.07) is 0. The summed E-state index contributed by atoms with van der Waals surface area (Å²) in [5.74, 6) is 0.715. The van der Waals surface area contributed by atoms with Gasteiger partial charge in [0, 0.05) is 0 Å². The third-order valence-corrected chi connectivity index (χ3v) is 2.84. The van der Waals surface area contributed by atoms with Crippen LogP contribution in [0.25, 0.3) is 0 Å². The van der Waals surface area contributed by atoms with Gasteiger partial charge in [-0.1, -0.05) is 39.7 Å². The molecule has 0 bridgehead atoms. The van der Waals surface area contributed by atoms with Gasteiger partial charge in [-0.2, -0.15) is 0 Å². The Bertz CT molecular complexity index is 96.9. The summed E-state index contributed by atoms with van der Waals surface area (Å²) in [7, 11) is 0. The predicted molar refractivity (Wildman–Crippen MR) is 56.5 cm³/mol. The van der Waals surface area contributed by atoms with Gasteiger partial charge in [-0.05, 0) is 38.5 Å². The molecule has 0 fully saturated rings. The normalized spacial score (nSPS) is 13.1. The highest BCUT2D eigenvalue weighted by molar-refractivity contribution is 14.1. The zero-order valence-corrected chi connectivity index (χ0v) is 9.15. The Morgan fingerprint density at radius 3 is 2.50 bits per heavy atom. The van der Waals surface area contributed by atoms with Crippen LogP contribution in [-0.2, 0) is 0 Å². The second-order valence-corrected chi connectivity index (χ2v) is 4.23. The van der Waals surface area contributed by atoms with Crippen LogP contribution in [0.5, 0.6) is 0 Å². The van der Waals surface area contributed by atoms with Gasteiger partial charge >= 0.3 is 0 Å². The molecule has 0 heterocycles. The molecule has 0 nitrogen and oxygen atoms in total. The highest BCUT2D eigenvalue weighted by Gasteiger charge is 2.01. The molecule has 0 aromatic carbocycles. The topological polar surface area (TPSA) is 0 Å². The molecule has 10 heavy (non-hydrogen) atoms. The van der Waals surface area contributed by atoms with Crippen LogP contribution in [0.1, 0.15) is 39.5 Å². The monoisotopic (exact) mass is 252 g/mol. The SMILES string of the molecule is C=C(I)C(C)CCCCC. The first-order chi connectivity index (χ1) is 4.68. The lowest BCUT2D eigenvalue weighted by Crippen LogP contribution is -1.92. The second kappa shape index (κ2) is 6.20. The van der Waals surface area contributed by atoms with Gasteiger partial charge in [0.25, 0.3) is 0 Å². The van der Waals surface area contributed by atoms with Crippen molar-refractivity contribution in [1.29, 1.82) is 0 Å². The molecular formula is C9H17I. The Morgan fingerprint density at radius 2 is 2.10 bits per heavy atom. The van der Waals surface area contributed by atoms with E-state index in [4.69, 9.17) is 0 Å². The third kappa shape index (κ3) is 5.27. The summed E-state index contributed by atoms with van der Waals surface area (Å²) in [5, 5.41) is 0. The van der Waals surface area contributed by atoms with Gasteiger partial charge in [-0.15, -0.1) is 0 Å². The number of rotatable bonds is 5. The fraction of sp³-hybridized carbons (Fsp3) is 0.778. The molecule has 0 spiro atoms. The van der Waals surface area contributed by atoms with Crippen LogP contribution >= 0.6 is 22.6 Å². The fourth-order valence-electron chi connectivity index (χ4n) is 0.857. The highest BCUT2D eigenvalue weighted by atomic mass is 127. The van der Waals surface area contributed by atoms with E-state index in [1.54, 1.807) is 0 Å². The van der Waals surface area contributed by atoms with Crippen LogP contribution in [0.3, 0.4) is 0 Å². The summed E-state index contributed by atoms with van der Waals surface area (Å²) >= 11 is 2.33. The average Bonchev–Trinajstić information content (AvgIpc) is 1.88. The van der Waals surface area contributed by atoms with E-state index in [9.17, 15) is 0 Å². The summed E-state index contributed by atoms with van der Waals surface area (Å²) in [4.78, 5) is 0. The summed E-state index contributed by atoms with van der Waals surface area (Å²) < 4.78 is 1.30. The van der Waals surface area contributed by atoms with Crippen molar-refractivity contribution in [1.82, 2.24) is 0 Å². The molecular weight excluding hydrogens is 235 g/mol. The number of hydrogen-bond donors (Lipinski definition) is 0. The fourth-order valence-corrected chi connectivity index (χ4v) is 1.17. The Morgan fingerprint density at radius 1 is 1.50 bits per heavy atom. The minimum Gasteiger partial charge on any atom is -0.0894 e. The van der Waals surface area contributed by atoms with E-state index in [-0.39, 0.29) is 0 Å². The van der Waals surface area contributed by atoms with E-state index in [2.05, 4.69) is 43.0 Å². The molecule has 0 aromatic heterocycles. The van der Waals surface area contributed by atoms with Gasteiger partial charge in [0.15, 0.2) is 0 Å². The first-order valence-corrected chi connectivity index (χ1v) is 5.10. The predicted octanol–water partition coefficient (Wildman–Crippen LogP) is 4.15. The molecule has 0 aliphatic heterocycles. The van der Waals surface area contributed by atoms with E-state index in [0.717, 1.165) is 0 Å². The van der Waals surface area contributed by atoms with Crippen molar-refractivity contribution in [3.8, 4) is 0 Å². The van der Waals surface area contributed by atoms with E-state index in [1.807, 2.05) is 0 Å². The zero-order chi connectivity index (χ0) is 7.98. The molecule has 0 rings (SSSR count). The van der Waals surface area contributed by atoms with Crippen molar-refractivity contribution < 1.29 is 0 Å². The molecule has 0 radical (unpaired) electrons. The average molecular weight is 252 g/mol. The van der Waals surface area contributed by atoms with Crippen molar-refractivity contribution in [2.45, 2.75) is 39.5 Å². The van der Waals surface area contributed by atoms with E-state index in [1.165, 1.54) is 29.3 Å². The lowest BCUT2D eigenvalue weighted by molar-refractivity contribution is 0.574. The van der Waals surface area contributed by atoms with Crippen molar-refractivity contribution in [2.75, 3.05) is 0 Å². The lowest BCUT2D eigenvalue weighted by Gasteiger charge is -2.07. The molecule has 0 amide bonds. The van der Waals surface area contributed by atoms with Crippen molar-refractivity contribution >= 4 is 22.6 Å². The molecule has 1 heteroatoms. The molecule has 0 N–H and O–H groups in total. The van der Waals surface area contributed by atoms with Crippen LogP contribution in [0.15, 0.2) is 10.2 Å². The highest BCUT2D eigenvalue weighted by Crippen LogP contribution is 2.21. The van der Waals surface area contributed by atoms with Gasteiger partial charge in [-0.25, -0.2) is 0 Å². The maximum atomic E-state index is 3.92. The zero-order valence-electron chi connectivity index (χ0n) is 6.99. The van der Waals surface area contributed by atoms with Gasteiger partial charge < -0.3 is 0 Å². The molecule has 0 aliphatic carbocycles. The largest absolute Gasteiger partial charge is 0.0894 e. The molecule has 0 aromatic rings. The Hall–Kier alpha value is 0.470. The minimum atomic E-state index is 0.715. The van der Waals surface area contributed by atoms with Gasteiger partial charge in [0.05, 0.1) is 0 Å². The van der Waals surface area contributed by atoms with Crippen LogP contribution in [-0.4, -0.2) is 0 Å². The molecule has 60 valence electrons. The van der Waals surface area contributed by atoms with E-state index < -0.39 is 0 Å². The second-order valence-electron chi connectivity index (χ2n) is 2.84. The number of allylic oxidation sites excluding steroid dienone is 1. The lowest BCUT2D eigenvalue weighted by atomic mass is 10.0. The number of unbranched alkanes of at least 4 members (excludes halogenated alkanes) is 2. The van der Waals surface area contributed by atoms with Crippen molar-refractivity contribution in [3.05, 3.63) is 10.2 Å². The number of hydrogen-bond acceptors (Lipinski definition) is 0. The maximum absolute atomic E-state index is 3.92. The Kier molecular flexibility index (Phi) is 6.49. The molecule has 0 saturated carbocycles. The smallest absolute Gasteiger partial charge is 0.0138 e. The quantitative estimate of drug-likeness (QED) is 0.509. The molecule has 1 atom stereocenters. The van der Waals surface area contributed by atoms with Crippen LogP contribution < -0.4 is 0 Å². The van der Waals surface area contributed by atoms with Gasteiger partial charge in [-0.3, -0.25) is 0 Å². The van der Waals surface area contributed by atoms with Gasteiger partial charge in [0.1, 0.15) is 0 Å². The van der Waals surface area contributed by atoms with Crippen molar-refractivity contribution in [3.63, 3.8) is 0 Å². The van der Waals surface area contributed by atoms with Crippen molar-refractivity contribution in [2.24, 2.45) is 5.92 Å². The summed E-state index contributed by atoms with van der Waals surface area (Å²) in [6.07, 6.45) is 5.37. The molecule has 0 aliphatic rings. The molecule has 1 unspecified atom stereocenters. The third-order valence-electron chi connectivity index (χ3n) is 1.78.